The molecular formula is C14H24N4O. The third-order valence-corrected chi connectivity index (χ3v) is 3.74. The molecule has 0 unspecified atom stereocenters. The van der Waals surface area contributed by atoms with Crippen LogP contribution in [0.15, 0.2) is 18.5 Å². The number of methoxy groups -OCH3 is 1. The van der Waals surface area contributed by atoms with Crippen molar-refractivity contribution in [2.75, 3.05) is 51.8 Å². The second kappa shape index (κ2) is 7.40. The fraction of sp³-hybridized carbons (Fsp3) is 0.714. The minimum absolute atomic E-state index is 0.743. The van der Waals surface area contributed by atoms with E-state index < -0.39 is 0 Å². The molecule has 1 aliphatic heterocycles. The van der Waals surface area contributed by atoms with Crippen molar-refractivity contribution >= 4 is 5.95 Å². The Labute approximate surface area is 115 Å². The minimum atomic E-state index is 0.743. The number of likely N-dealkylation sites (tertiary alicyclic amines) is 1. The van der Waals surface area contributed by atoms with Gasteiger partial charge in [0.2, 0.25) is 5.95 Å². The molecule has 2 heterocycles. The molecule has 0 atom stereocenters. The van der Waals surface area contributed by atoms with Crippen molar-refractivity contribution < 1.29 is 4.74 Å². The van der Waals surface area contributed by atoms with E-state index in [0.717, 1.165) is 31.6 Å². The van der Waals surface area contributed by atoms with E-state index in [2.05, 4.69) is 26.8 Å². The summed E-state index contributed by atoms with van der Waals surface area (Å²) in [5.41, 5.74) is 0. The fourth-order valence-corrected chi connectivity index (χ4v) is 2.57. The third kappa shape index (κ3) is 4.44. The van der Waals surface area contributed by atoms with Gasteiger partial charge in [0, 0.05) is 39.6 Å². The van der Waals surface area contributed by atoms with Gasteiger partial charge in [-0.25, -0.2) is 9.97 Å². The maximum absolute atomic E-state index is 5.13. The molecule has 19 heavy (non-hydrogen) atoms. The smallest absolute Gasteiger partial charge is 0.224 e. The maximum atomic E-state index is 5.13. The van der Waals surface area contributed by atoms with E-state index in [1.807, 2.05) is 6.07 Å². The molecule has 1 saturated heterocycles. The van der Waals surface area contributed by atoms with Crippen molar-refractivity contribution in [1.29, 1.82) is 0 Å². The Morgan fingerprint density at radius 3 is 2.63 bits per heavy atom. The SMILES string of the molecule is COCCN1CCC(CN(C)c2ncccn2)CC1. The molecule has 0 N–H and O–H groups in total. The van der Waals surface area contributed by atoms with E-state index in [9.17, 15) is 0 Å². The van der Waals surface area contributed by atoms with Crippen LogP contribution in [0.1, 0.15) is 12.8 Å². The predicted octanol–water partition coefficient (Wildman–Crippen LogP) is 1.27. The van der Waals surface area contributed by atoms with Crippen LogP contribution in [-0.4, -0.2) is 61.8 Å². The lowest BCUT2D eigenvalue weighted by atomic mass is 9.96. The van der Waals surface area contributed by atoms with E-state index in [1.165, 1.54) is 25.9 Å². The van der Waals surface area contributed by atoms with Crippen molar-refractivity contribution in [2.45, 2.75) is 12.8 Å². The first kappa shape index (κ1) is 14.2. The molecular weight excluding hydrogens is 240 g/mol. The molecule has 1 aromatic rings. The quantitative estimate of drug-likeness (QED) is 0.774. The number of hydrogen-bond donors (Lipinski definition) is 0. The number of rotatable bonds is 6. The first-order valence-corrected chi connectivity index (χ1v) is 6.99. The molecule has 0 amide bonds. The number of nitrogens with zero attached hydrogens (tertiary/aromatic N) is 4. The van der Waals surface area contributed by atoms with Gasteiger partial charge in [0.1, 0.15) is 0 Å². The van der Waals surface area contributed by atoms with E-state index in [0.29, 0.717) is 0 Å². The number of piperidine rings is 1. The van der Waals surface area contributed by atoms with Crippen molar-refractivity contribution in [3.8, 4) is 0 Å². The van der Waals surface area contributed by atoms with E-state index in [-0.39, 0.29) is 0 Å². The van der Waals surface area contributed by atoms with Gasteiger partial charge in [0.25, 0.3) is 0 Å². The normalized spacial score (nSPS) is 17.6. The molecule has 5 nitrogen and oxygen atoms in total. The van der Waals surface area contributed by atoms with Crippen molar-refractivity contribution in [2.24, 2.45) is 5.92 Å². The molecule has 0 saturated carbocycles. The van der Waals surface area contributed by atoms with Crippen LogP contribution in [0, 0.1) is 5.92 Å². The Hall–Kier alpha value is -1.20. The lowest BCUT2D eigenvalue weighted by Gasteiger charge is -2.33. The number of hydrogen-bond acceptors (Lipinski definition) is 5. The second-order valence-corrected chi connectivity index (χ2v) is 5.21. The highest BCUT2D eigenvalue weighted by Gasteiger charge is 2.20. The summed E-state index contributed by atoms with van der Waals surface area (Å²) in [6.45, 7) is 5.29. The molecule has 1 aromatic heterocycles. The van der Waals surface area contributed by atoms with Crippen molar-refractivity contribution in [1.82, 2.24) is 14.9 Å². The Bertz CT molecular complexity index is 352. The van der Waals surface area contributed by atoms with Crippen molar-refractivity contribution in [3.63, 3.8) is 0 Å². The van der Waals surface area contributed by atoms with Gasteiger partial charge in [-0.2, -0.15) is 0 Å². The van der Waals surface area contributed by atoms with E-state index in [4.69, 9.17) is 4.74 Å². The Balaban J connectivity index is 1.73. The van der Waals surface area contributed by atoms with Gasteiger partial charge in [-0.3, -0.25) is 0 Å². The van der Waals surface area contributed by atoms with Crippen molar-refractivity contribution in [3.05, 3.63) is 18.5 Å². The predicted molar refractivity (Wildman–Crippen MR) is 76.3 cm³/mol. The van der Waals surface area contributed by atoms with Crippen LogP contribution in [0.4, 0.5) is 5.95 Å². The van der Waals surface area contributed by atoms with Crippen LogP contribution in [0.2, 0.25) is 0 Å². The van der Waals surface area contributed by atoms with Gasteiger partial charge in [-0.05, 0) is 37.9 Å². The minimum Gasteiger partial charge on any atom is -0.383 e. The number of ether oxygens (including phenoxy) is 1. The molecule has 1 aliphatic rings. The lowest BCUT2D eigenvalue weighted by Crippen LogP contribution is -2.39. The Morgan fingerprint density at radius 1 is 1.32 bits per heavy atom. The third-order valence-electron chi connectivity index (χ3n) is 3.74. The summed E-state index contributed by atoms with van der Waals surface area (Å²) in [6, 6.07) is 1.85. The van der Waals surface area contributed by atoms with Crippen LogP contribution in [0.5, 0.6) is 0 Å². The zero-order chi connectivity index (χ0) is 13.5. The highest BCUT2D eigenvalue weighted by Crippen LogP contribution is 2.19. The average molecular weight is 264 g/mol. The monoisotopic (exact) mass is 264 g/mol. The van der Waals surface area contributed by atoms with Crippen LogP contribution in [0.3, 0.4) is 0 Å². The Morgan fingerprint density at radius 2 is 2.00 bits per heavy atom. The first-order chi connectivity index (χ1) is 9.29. The standard InChI is InChI=1S/C14H24N4O/c1-17(14-15-6-3-7-16-14)12-13-4-8-18(9-5-13)10-11-19-2/h3,6-7,13H,4-5,8-12H2,1-2H3. The largest absolute Gasteiger partial charge is 0.383 e. The van der Waals surface area contributed by atoms with Crippen LogP contribution in [-0.2, 0) is 4.74 Å². The topological polar surface area (TPSA) is 41.5 Å². The molecule has 0 radical (unpaired) electrons. The van der Waals surface area contributed by atoms with Gasteiger partial charge in [0.05, 0.1) is 6.61 Å². The summed E-state index contributed by atoms with van der Waals surface area (Å²) in [7, 11) is 3.84. The van der Waals surface area contributed by atoms with Crippen LogP contribution in [0.25, 0.3) is 0 Å². The molecule has 1 fully saturated rings. The second-order valence-electron chi connectivity index (χ2n) is 5.21. The summed E-state index contributed by atoms with van der Waals surface area (Å²) < 4.78 is 5.13. The van der Waals surface area contributed by atoms with Crippen LogP contribution >= 0.6 is 0 Å². The molecule has 0 bridgehead atoms. The highest BCUT2D eigenvalue weighted by molar-refractivity contribution is 5.26. The van der Waals surface area contributed by atoms with Crippen LogP contribution < -0.4 is 4.90 Å². The molecule has 0 aromatic carbocycles. The zero-order valence-corrected chi connectivity index (χ0v) is 12.0. The van der Waals surface area contributed by atoms with Gasteiger partial charge >= 0.3 is 0 Å². The van der Waals surface area contributed by atoms with Gasteiger partial charge < -0.3 is 14.5 Å². The number of aromatic nitrogens is 2. The summed E-state index contributed by atoms with van der Waals surface area (Å²) in [5, 5.41) is 0. The zero-order valence-electron chi connectivity index (χ0n) is 12.0. The molecule has 106 valence electrons. The summed E-state index contributed by atoms with van der Waals surface area (Å²) in [5.74, 6) is 1.57. The summed E-state index contributed by atoms with van der Waals surface area (Å²) in [4.78, 5) is 13.2. The van der Waals surface area contributed by atoms with E-state index >= 15 is 0 Å². The van der Waals surface area contributed by atoms with Gasteiger partial charge in [-0.15, -0.1) is 0 Å². The van der Waals surface area contributed by atoms with Gasteiger partial charge in [-0.1, -0.05) is 0 Å². The molecule has 5 heteroatoms. The molecule has 2 rings (SSSR count). The van der Waals surface area contributed by atoms with Gasteiger partial charge in [0.15, 0.2) is 0 Å². The summed E-state index contributed by atoms with van der Waals surface area (Å²) >= 11 is 0. The Kier molecular flexibility index (Phi) is 5.54. The van der Waals surface area contributed by atoms with E-state index in [1.54, 1.807) is 19.5 Å². The molecule has 0 aliphatic carbocycles. The lowest BCUT2D eigenvalue weighted by molar-refractivity contribution is 0.121. The molecule has 0 spiro atoms. The maximum Gasteiger partial charge on any atom is 0.224 e. The number of anilines is 1. The first-order valence-electron chi connectivity index (χ1n) is 6.99. The fourth-order valence-electron chi connectivity index (χ4n) is 2.57. The average Bonchev–Trinajstić information content (AvgIpc) is 2.47. The summed E-state index contributed by atoms with van der Waals surface area (Å²) in [6.07, 6.45) is 6.10. The highest BCUT2D eigenvalue weighted by atomic mass is 16.5.